The fraction of sp³-hybridized carbons (Fsp3) is 0.333. The minimum absolute atomic E-state index is 0. The topological polar surface area (TPSA) is 0 Å². The van der Waals surface area contributed by atoms with Gasteiger partial charge in [-0.1, -0.05) is 0 Å². The molecule has 0 bridgehead atoms. The first-order chi connectivity index (χ1) is 5.91. The van der Waals surface area contributed by atoms with Gasteiger partial charge in [0, 0.05) is 0 Å². The van der Waals surface area contributed by atoms with E-state index in [1.165, 1.54) is 5.56 Å². The molecule has 1 aromatic rings. The van der Waals surface area contributed by atoms with Gasteiger partial charge < -0.3 is 0 Å². The van der Waals surface area contributed by atoms with Crippen molar-refractivity contribution in [1.29, 1.82) is 0 Å². The summed E-state index contributed by atoms with van der Waals surface area (Å²) in [5.74, 6) is 2.17. The van der Waals surface area contributed by atoms with Crippen molar-refractivity contribution >= 4 is 23.6 Å². The van der Waals surface area contributed by atoms with Crippen molar-refractivity contribution in [2.45, 2.75) is 6.16 Å². The van der Waals surface area contributed by atoms with Crippen LogP contribution < -0.4 is 0 Å². The van der Waals surface area contributed by atoms with E-state index in [0.29, 0.717) is 0 Å². The summed E-state index contributed by atoms with van der Waals surface area (Å²) < 4.78 is 0. The molecule has 0 saturated heterocycles. The van der Waals surface area contributed by atoms with Gasteiger partial charge in [-0.2, -0.15) is 0 Å². The molecule has 0 nitrogen and oxygen atoms in total. The van der Waals surface area contributed by atoms with Crippen LogP contribution in [0.2, 0.25) is 0 Å². The predicted octanol–water partition coefficient (Wildman–Crippen LogP) is 4.35. The van der Waals surface area contributed by atoms with Crippen molar-refractivity contribution in [1.82, 2.24) is 0 Å². The summed E-state index contributed by atoms with van der Waals surface area (Å²) >= 11 is 0. The molecule has 0 aliphatic carbocycles. The maximum atomic E-state index is 3.96. The van der Waals surface area contributed by atoms with Crippen LogP contribution in [-0.2, 0) is 6.16 Å². The number of benzene rings is 1. The van der Waals surface area contributed by atoms with Gasteiger partial charge in [0.25, 0.3) is 0 Å². The molecule has 1 rings (SSSR count). The third-order valence-corrected chi connectivity index (χ3v) is 5.12. The van der Waals surface area contributed by atoms with Gasteiger partial charge >= 0.3 is 81.1 Å². The van der Waals surface area contributed by atoms with E-state index in [9.17, 15) is 0 Å². The van der Waals surface area contributed by atoms with Crippen LogP contribution in [0, 0.1) is 0 Å². The van der Waals surface area contributed by atoms with Gasteiger partial charge in [0.2, 0.25) is 0 Å². The summed E-state index contributed by atoms with van der Waals surface area (Å²) in [4.78, 5) is 0. The SMILES string of the molecule is Br.C=CP(C)(C)(C)Cc1ccccc1. The summed E-state index contributed by atoms with van der Waals surface area (Å²) in [6.45, 7) is 9.40. The zero-order chi connectivity index (χ0) is 9.97. The quantitative estimate of drug-likeness (QED) is 0.719. The minimum atomic E-state index is -1.62. The third-order valence-electron chi connectivity index (χ3n) is 2.27. The van der Waals surface area contributed by atoms with Crippen LogP contribution in [0.3, 0.4) is 0 Å². The molecule has 2 heteroatoms. The van der Waals surface area contributed by atoms with Crippen molar-refractivity contribution in [3.8, 4) is 0 Å². The van der Waals surface area contributed by atoms with Gasteiger partial charge in [-0.3, -0.25) is 0 Å². The molecule has 14 heavy (non-hydrogen) atoms. The predicted molar refractivity (Wildman–Crippen MR) is 75.4 cm³/mol. The van der Waals surface area contributed by atoms with E-state index in [1.54, 1.807) is 0 Å². The van der Waals surface area contributed by atoms with Crippen LogP contribution in [0.4, 0.5) is 0 Å². The number of hydrogen-bond donors (Lipinski definition) is 0. The molecular weight excluding hydrogens is 255 g/mol. The van der Waals surface area contributed by atoms with Gasteiger partial charge in [-0.05, 0) is 0 Å². The maximum absolute atomic E-state index is 3.96. The van der Waals surface area contributed by atoms with E-state index in [-0.39, 0.29) is 17.0 Å². The van der Waals surface area contributed by atoms with Gasteiger partial charge in [0.05, 0.1) is 0 Å². The Balaban J connectivity index is 0.00000169. The normalized spacial score (nSPS) is 13.5. The number of hydrogen-bond acceptors (Lipinski definition) is 0. The van der Waals surface area contributed by atoms with Crippen LogP contribution in [0.25, 0.3) is 0 Å². The van der Waals surface area contributed by atoms with Crippen molar-refractivity contribution in [2.75, 3.05) is 20.0 Å². The van der Waals surface area contributed by atoms with E-state index in [4.69, 9.17) is 0 Å². The van der Waals surface area contributed by atoms with E-state index >= 15 is 0 Å². The Labute approximate surface area is 98.1 Å². The van der Waals surface area contributed by atoms with Crippen LogP contribution in [0.5, 0.6) is 0 Å². The van der Waals surface area contributed by atoms with Crippen LogP contribution in [0.1, 0.15) is 5.56 Å². The zero-order valence-corrected chi connectivity index (χ0v) is 11.8. The van der Waals surface area contributed by atoms with Gasteiger partial charge in [-0.25, -0.2) is 0 Å². The molecular formula is C12H20BrP. The van der Waals surface area contributed by atoms with E-state index < -0.39 is 6.60 Å². The Hall–Kier alpha value is -0.130. The molecule has 0 aliphatic heterocycles. The van der Waals surface area contributed by atoms with Gasteiger partial charge in [-0.15, -0.1) is 17.0 Å². The van der Waals surface area contributed by atoms with Crippen LogP contribution in [0.15, 0.2) is 42.7 Å². The second kappa shape index (κ2) is 4.59. The first kappa shape index (κ1) is 13.9. The molecule has 0 saturated carbocycles. The fourth-order valence-corrected chi connectivity index (χ4v) is 2.95. The molecule has 0 radical (unpaired) electrons. The average Bonchev–Trinajstić information content (AvgIpc) is 2.05. The van der Waals surface area contributed by atoms with Crippen LogP contribution in [-0.4, -0.2) is 20.0 Å². The summed E-state index contributed by atoms with van der Waals surface area (Å²) in [6.07, 6.45) is 1.16. The molecule has 0 amide bonds. The second-order valence-electron chi connectivity index (χ2n) is 5.07. The molecule has 0 aliphatic rings. The molecule has 0 heterocycles. The Morgan fingerprint density at radius 3 is 2.07 bits per heavy atom. The molecule has 0 atom stereocenters. The molecule has 0 fully saturated rings. The molecule has 0 aromatic heterocycles. The van der Waals surface area contributed by atoms with E-state index in [2.05, 4.69) is 62.7 Å². The van der Waals surface area contributed by atoms with Gasteiger partial charge in [0.1, 0.15) is 0 Å². The van der Waals surface area contributed by atoms with Crippen LogP contribution >= 0.6 is 23.6 Å². The van der Waals surface area contributed by atoms with E-state index in [0.717, 1.165) is 6.16 Å². The Morgan fingerprint density at radius 1 is 1.14 bits per heavy atom. The summed E-state index contributed by atoms with van der Waals surface area (Å²) in [7, 11) is 0. The standard InChI is InChI=1S/C12H19P.BrH/c1-5-13(2,3,4)11-12-9-7-6-8-10-12;/h5-10H,1,11H2,2-4H3;1H. The van der Waals surface area contributed by atoms with Crippen molar-refractivity contribution in [3.63, 3.8) is 0 Å². The molecule has 0 spiro atoms. The zero-order valence-electron chi connectivity index (χ0n) is 9.23. The third kappa shape index (κ3) is 4.39. The number of halogens is 1. The Bertz CT molecular complexity index is 295. The van der Waals surface area contributed by atoms with Crippen molar-refractivity contribution in [3.05, 3.63) is 48.3 Å². The van der Waals surface area contributed by atoms with E-state index in [1.807, 2.05) is 0 Å². The van der Waals surface area contributed by atoms with Gasteiger partial charge in [0.15, 0.2) is 0 Å². The first-order valence-electron chi connectivity index (χ1n) is 4.59. The first-order valence-corrected chi connectivity index (χ1v) is 8.42. The molecule has 0 N–H and O–H groups in total. The Morgan fingerprint density at radius 2 is 1.64 bits per heavy atom. The molecule has 1 aromatic carbocycles. The summed E-state index contributed by atoms with van der Waals surface area (Å²) in [6, 6.07) is 10.7. The summed E-state index contributed by atoms with van der Waals surface area (Å²) in [5, 5.41) is 0. The molecule has 80 valence electrons. The monoisotopic (exact) mass is 274 g/mol. The number of rotatable bonds is 3. The summed E-state index contributed by atoms with van der Waals surface area (Å²) in [5.41, 5.74) is 1.42. The fourth-order valence-electron chi connectivity index (χ4n) is 1.30. The van der Waals surface area contributed by atoms with Crippen molar-refractivity contribution < 1.29 is 0 Å². The second-order valence-corrected chi connectivity index (χ2v) is 12.3. The Kier molecular flexibility index (Phi) is 4.55. The van der Waals surface area contributed by atoms with Crippen molar-refractivity contribution in [2.24, 2.45) is 0 Å². The average molecular weight is 275 g/mol. The molecule has 0 unspecified atom stereocenters.